The summed E-state index contributed by atoms with van der Waals surface area (Å²) in [7, 11) is 2.08. The van der Waals surface area contributed by atoms with Crippen LogP contribution in [-0.4, -0.2) is 25.8 Å². The molecule has 0 heterocycles. The van der Waals surface area contributed by atoms with Gasteiger partial charge in [-0.05, 0) is 50.0 Å². The molecule has 0 bridgehead atoms. The van der Waals surface area contributed by atoms with Crippen LogP contribution < -0.4 is 5.32 Å². The number of nitrogens with one attached hydrogen (secondary N) is 1. The Labute approximate surface area is 120 Å². The van der Waals surface area contributed by atoms with Crippen LogP contribution >= 0.6 is 0 Å². The van der Waals surface area contributed by atoms with E-state index in [-0.39, 0.29) is 0 Å². The van der Waals surface area contributed by atoms with Gasteiger partial charge in [0.2, 0.25) is 0 Å². The maximum absolute atomic E-state index is 6.26. The van der Waals surface area contributed by atoms with Gasteiger partial charge in [0.1, 0.15) is 0 Å². The molecule has 0 radical (unpaired) electrons. The second-order valence-electron chi connectivity index (χ2n) is 7.54. The first kappa shape index (κ1) is 17.0. The monoisotopic (exact) mass is 269 g/mol. The molecule has 1 fully saturated rings. The van der Waals surface area contributed by atoms with Gasteiger partial charge in [0.25, 0.3) is 0 Å². The highest BCUT2D eigenvalue weighted by Gasteiger charge is 2.35. The highest BCUT2D eigenvalue weighted by atomic mass is 16.5. The number of hydrogen-bond acceptors (Lipinski definition) is 2. The van der Waals surface area contributed by atoms with Crippen LogP contribution in [0.2, 0.25) is 0 Å². The van der Waals surface area contributed by atoms with Gasteiger partial charge in [-0.15, -0.1) is 0 Å². The lowest BCUT2D eigenvalue weighted by molar-refractivity contribution is -0.0381. The van der Waals surface area contributed by atoms with E-state index in [1.807, 2.05) is 0 Å². The normalized spacial score (nSPS) is 30.3. The van der Waals surface area contributed by atoms with E-state index in [1.165, 1.54) is 32.1 Å². The van der Waals surface area contributed by atoms with Gasteiger partial charge in [-0.3, -0.25) is 0 Å². The molecule has 2 nitrogen and oxygen atoms in total. The lowest BCUT2D eigenvalue weighted by atomic mass is 9.70. The average Bonchev–Trinajstić information content (AvgIpc) is 2.35. The lowest BCUT2D eigenvalue weighted by Crippen LogP contribution is -2.46. The molecule has 0 amide bonds. The zero-order valence-corrected chi connectivity index (χ0v) is 14.0. The summed E-state index contributed by atoms with van der Waals surface area (Å²) in [6.07, 6.45) is 6.75. The molecule has 0 aromatic carbocycles. The van der Waals surface area contributed by atoms with Crippen molar-refractivity contribution in [2.45, 2.75) is 78.9 Å². The third kappa shape index (κ3) is 5.43. The van der Waals surface area contributed by atoms with E-state index >= 15 is 0 Å². The molecule has 0 aromatic rings. The molecule has 19 heavy (non-hydrogen) atoms. The fraction of sp³-hybridized carbons (Fsp3) is 1.00. The van der Waals surface area contributed by atoms with Crippen LogP contribution in [0.15, 0.2) is 0 Å². The number of likely N-dealkylation sites (N-methyl/N-ethyl adjacent to an activating group) is 1. The average molecular weight is 269 g/mol. The summed E-state index contributed by atoms with van der Waals surface area (Å²) in [4.78, 5) is 0. The van der Waals surface area contributed by atoms with Gasteiger partial charge in [-0.1, -0.05) is 41.0 Å². The Morgan fingerprint density at radius 2 is 1.95 bits per heavy atom. The molecule has 0 aliphatic heterocycles. The Morgan fingerprint density at radius 1 is 1.26 bits per heavy atom. The molecule has 1 aliphatic rings. The van der Waals surface area contributed by atoms with Crippen molar-refractivity contribution in [3.05, 3.63) is 0 Å². The van der Waals surface area contributed by atoms with Crippen molar-refractivity contribution >= 4 is 0 Å². The van der Waals surface area contributed by atoms with E-state index in [9.17, 15) is 0 Å². The maximum atomic E-state index is 6.26. The van der Waals surface area contributed by atoms with Crippen LogP contribution in [0.1, 0.15) is 66.7 Å². The van der Waals surface area contributed by atoms with Gasteiger partial charge in [0, 0.05) is 12.6 Å². The van der Waals surface area contributed by atoms with Gasteiger partial charge in [0.15, 0.2) is 0 Å². The van der Waals surface area contributed by atoms with Crippen molar-refractivity contribution < 1.29 is 4.74 Å². The highest BCUT2D eigenvalue weighted by Crippen LogP contribution is 2.38. The second-order valence-corrected chi connectivity index (χ2v) is 7.54. The molecular formula is C17H35NO. The summed E-state index contributed by atoms with van der Waals surface area (Å²) in [5, 5.41) is 3.46. The Balaban J connectivity index is 2.50. The first-order valence-electron chi connectivity index (χ1n) is 8.17. The highest BCUT2D eigenvalue weighted by molar-refractivity contribution is 4.89. The fourth-order valence-electron chi connectivity index (χ4n) is 3.29. The van der Waals surface area contributed by atoms with Crippen LogP contribution in [0, 0.1) is 17.3 Å². The standard InChI is InChI=1S/C17H35NO/c1-7-8-13(2)12-19-16-11-14(17(3,4)5)9-10-15(16)18-6/h13-16,18H,7-12H2,1-6H3. The van der Waals surface area contributed by atoms with Crippen LogP contribution in [0.5, 0.6) is 0 Å². The van der Waals surface area contributed by atoms with Crippen molar-refractivity contribution in [2.75, 3.05) is 13.7 Å². The molecule has 2 heteroatoms. The minimum atomic E-state index is 0.405. The van der Waals surface area contributed by atoms with E-state index < -0.39 is 0 Å². The first-order valence-corrected chi connectivity index (χ1v) is 8.17. The number of ether oxygens (including phenoxy) is 1. The number of hydrogen-bond donors (Lipinski definition) is 1. The van der Waals surface area contributed by atoms with Crippen LogP contribution in [0.4, 0.5) is 0 Å². The molecule has 0 saturated heterocycles. The van der Waals surface area contributed by atoms with E-state index in [4.69, 9.17) is 4.74 Å². The lowest BCUT2D eigenvalue weighted by Gasteiger charge is -2.41. The molecule has 1 aliphatic carbocycles. The predicted octanol–water partition coefficient (Wildman–Crippen LogP) is 4.24. The zero-order chi connectivity index (χ0) is 14.5. The molecule has 1 saturated carbocycles. The Bertz CT molecular complexity index is 246. The molecule has 4 atom stereocenters. The summed E-state index contributed by atoms with van der Waals surface area (Å²) >= 11 is 0. The van der Waals surface area contributed by atoms with Crippen LogP contribution in [-0.2, 0) is 4.74 Å². The SMILES string of the molecule is CCCC(C)COC1CC(C(C)(C)C)CCC1NC. The largest absolute Gasteiger partial charge is 0.376 e. The molecule has 1 rings (SSSR count). The predicted molar refractivity (Wildman–Crippen MR) is 83.5 cm³/mol. The summed E-state index contributed by atoms with van der Waals surface area (Å²) in [6, 6.07) is 0.549. The summed E-state index contributed by atoms with van der Waals surface area (Å²) in [5.74, 6) is 1.49. The minimum absolute atomic E-state index is 0.405. The van der Waals surface area contributed by atoms with Gasteiger partial charge < -0.3 is 10.1 Å². The molecular weight excluding hydrogens is 234 g/mol. The van der Waals surface area contributed by atoms with Crippen LogP contribution in [0.3, 0.4) is 0 Å². The molecule has 0 spiro atoms. The molecule has 114 valence electrons. The van der Waals surface area contributed by atoms with E-state index in [2.05, 4.69) is 47.0 Å². The topological polar surface area (TPSA) is 21.3 Å². The van der Waals surface area contributed by atoms with Crippen LogP contribution in [0.25, 0.3) is 0 Å². The first-order chi connectivity index (χ1) is 8.88. The Kier molecular flexibility index (Phi) is 6.82. The third-order valence-electron chi connectivity index (χ3n) is 4.76. The minimum Gasteiger partial charge on any atom is -0.376 e. The molecule has 0 aromatic heterocycles. The van der Waals surface area contributed by atoms with Crippen molar-refractivity contribution in [3.63, 3.8) is 0 Å². The van der Waals surface area contributed by atoms with E-state index in [1.54, 1.807) is 0 Å². The Hall–Kier alpha value is -0.0800. The van der Waals surface area contributed by atoms with Gasteiger partial charge >= 0.3 is 0 Å². The van der Waals surface area contributed by atoms with Crippen molar-refractivity contribution in [1.29, 1.82) is 0 Å². The maximum Gasteiger partial charge on any atom is 0.0730 e. The van der Waals surface area contributed by atoms with Crippen molar-refractivity contribution in [2.24, 2.45) is 17.3 Å². The van der Waals surface area contributed by atoms with Gasteiger partial charge in [0.05, 0.1) is 6.10 Å². The summed E-state index contributed by atoms with van der Waals surface area (Å²) in [5.41, 5.74) is 0.412. The zero-order valence-electron chi connectivity index (χ0n) is 14.0. The van der Waals surface area contributed by atoms with Gasteiger partial charge in [-0.2, -0.15) is 0 Å². The smallest absolute Gasteiger partial charge is 0.0730 e. The van der Waals surface area contributed by atoms with E-state index in [0.29, 0.717) is 23.5 Å². The molecule has 4 unspecified atom stereocenters. The fourth-order valence-corrected chi connectivity index (χ4v) is 3.29. The third-order valence-corrected chi connectivity index (χ3v) is 4.76. The summed E-state index contributed by atoms with van der Waals surface area (Å²) in [6.45, 7) is 12.6. The molecule has 1 N–H and O–H groups in total. The van der Waals surface area contributed by atoms with E-state index in [0.717, 1.165) is 12.5 Å². The number of rotatable bonds is 6. The second kappa shape index (κ2) is 7.64. The van der Waals surface area contributed by atoms with Crippen molar-refractivity contribution in [1.82, 2.24) is 5.32 Å². The van der Waals surface area contributed by atoms with Gasteiger partial charge in [-0.25, -0.2) is 0 Å². The Morgan fingerprint density at radius 3 is 2.47 bits per heavy atom. The summed E-state index contributed by atoms with van der Waals surface area (Å²) < 4.78 is 6.26. The quantitative estimate of drug-likeness (QED) is 0.778. The van der Waals surface area contributed by atoms with Crippen molar-refractivity contribution in [3.8, 4) is 0 Å².